The molecule has 0 saturated carbocycles. The lowest BCUT2D eigenvalue weighted by atomic mass is 10.3. The van der Waals surface area contributed by atoms with Crippen molar-refractivity contribution < 1.29 is 14.6 Å². The molecule has 2 rings (SSSR count). The van der Waals surface area contributed by atoms with E-state index >= 15 is 0 Å². The Morgan fingerprint density at radius 2 is 2.14 bits per heavy atom. The van der Waals surface area contributed by atoms with Gasteiger partial charge in [-0.25, -0.2) is 4.68 Å². The van der Waals surface area contributed by atoms with Gasteiger partial charge in [0.1, 0.15) is 5.03 Å². The largest absolute Gasteiger partial charge is 0.481 e. The summed E-state index contributed by atoms with van der Waals surface area (Å²) in [5.74, 6) is -0.949. The fourth-order valence-electron chi connectivity index (χ4n) is 1.67. The topological polar surface area (TPSA) is 64.3 Å². The molecule has 8 heteroatoms. The number of carboxylic acid groups (broad SMARTS) is 1. The summed E-state index contributed by atoms with van der Waals surface area (Å²) in [6, 6.07) is 6.91. The average molecular weight is 347 g/mol. The first-order valence-corrected chi connectivity index (χ1v) is 7.63. The van der Waals surface area contributed by atoms with Crippen LogP contribution in [0.3, 0.4) is 0 Å². The molecular formula is C13H12Cl2N2O3S. The molecule has 1 aromatic carbocycles. The first-order chi connectivity index (χ1) is 10.0. The monoisotopic (exact) mass is 346 g/mol. The lowest BCUT2D eigenvalue weighted by molar-refractivity contribution is -0.133. The van der Waals surface area contributed by atoms with Gasteiger partial charge in [-0.2, -0.15) is 5.10 Å². The van der Waals surface area contributed by atoms with Crippen molar-refractivity contribution in [1.82, 2.24) is 9.78 Å². The zero-order chi connectivity index (χ0) is 15.4. The molecule has 0 amide bonds. The third kappa shape index (κ3) is 4.14. The molecule has 0 aliphatic carbocycles. The minimum absolute atomic E-state index is 0.0561. The number of thioether (sulfide) groups is 1. The summed E-state index contributed by atoms with van der Waals surface area (Å²) >= 11 is 13.1. The van der Waals surface area contributed by atoms with Crippen molar-refractivity contribution in [1.29, 1.82) is 0 Å². The fraction of sp³-hybridized carbons (Fsp3) is 0.231. The van der Waals surface area contributed by atoms with Crippen molar-refractivity contribution in [3.63, 3.8) is 0 Å². The van der Waals surface area contributed by atoms with E-state index in [2.05, 4.69) is 5.10 Å². The normalized spacial score (nSPS) is 10.8. The van der Waals surface area contributed by atoms with Gasteiger partial charge in [0.05, 0.1) is 33.8 Å². The van der Waals surface area contributed by atoms with Crippen LogP contribution in [-0.4, -0.2) is 33.7 Å². The summed E-state index contributed by atoms with van der Waals surface area (Å²) in [6.07, 6.45) is 0. The van der Waals surface area contributed by atoms with Gasteiger partial charge in [0.25, 0.3) is 0 Å². The quantitative estimate of drug-likeness (QED) is 0.811. The molecule has 0 bridgehead atoms. The van der Waals surface area contributed by atoms with Crippen molar-refractivity contribution in [2.75, 3.05) is 12.9 Å². The second-order valence-electron chi connectivity index (χ2n) is 4.10. The number of hydrogen-bond acceptors (Lipinski definition) is 4. The van der Waals surface area contributed by atoms with Crippen LogP contribution in [0.15, 0.2) is 29.3 Å². The number of carboxylic acids is 1. The maximum absolute atomic E-state index is 10.7. The number of rotatable bonds is 6. The highest BCUT2D eigenvalue weighted by molar-refractivity contribution is 7.99. The standard InChI is InChI=1S/C13H12Cl2N2O3S/c1-20-6-8-4-12(21-7-13(18)19)17(16-8)9-2-3-10(14)11(15)5-9/h2-5H,6-7H2,1H3,(H,18,19). The molecule has 0 aliphatic rings. The van der Waals surface area contributed by atoms with Gasteiger partial charge in [-0.05, 0) is 24.3 Å². The summed E-state index contributed by atoms with van der Waals surface area (Å²) in [7, 11) is 1.57. The van der Waals surface area contributed by atoms with Gasteiger partial charge in [-0.15, -0.1) is 0 Å². The predicted molar refractivity (Wildman–Crippen MR) is 82.7 cm³/mol. The van der Waals surface area contributed by atoms with E-state index in [0.717, 1.165) is 0 Å². The van der Waals surface area contributed by atoms with Crippen LogP contribution in [0.2, 0.25) is 10.0 Å². The van der Waals surface area contributed by atoms with Crippen LogP contribution in [0, 0.1) is 0 Å². The molecule has 21 heavy (non-hydrogen) atoms. The maximum atomic E-state index is 10.7. The second kappa shape index (κ2) is 7.17. The molecule has 1 aromatic heterocycles. The molecule has 0 atom stereocenters. The minimum atomic E-state index is -0.893. The highest BCUT2D eigenvalue weighted by Gasteiger charge is 2.13. The third-order valence-electron chi connectivity index (χ3n) is 2.51. The highest BCUT2D eigenvalue weighted by atomic mass is 35.5. The van der Waals surface area contributed by atoms with Crippen molar-refractivity contribution in [3.8, 4) is 5.69 Å². The number of benzene rings is 1. The zero-order valence-electron chi connectivity index (χ0n) is 11.0. The number of halogens is 2. The van der Waals surface area contributed by atoms with E-state index in [4.69, 9.17) is 33.0 Å². The van der Waals surface area contributed by atoms with Gasteiger partial charge >= 0.3 is 5.97 Å². The Morgan fingerprint density at radius 1 is 1.38 bits per heavy atom. The number of hydrogen-bond donors (Lipinski definition) is 1. The van der Waals surface area contributed by atoms with E-state index < -0.39 is 5.97 Å². The van der Waals surface area contributed by atoms with Gasteiger partial charge in [-0.1, -0.05) is 35.0 Å². The van der Waals surface area contributed by atoms with Gasteiger partial charge in [-0.3, -0.25) is 4.79 Å². The van der Waals surface area contributed by atoms with Gasteiger partial charge in [0.2, 0.25) is 0 Å². The number of carbonyl (C=O) groups is 1. The lowest BCUT2D eigenvalue weighted by Gasteiger charge is -2.07. The first-order valence-electron chi connectivity index (χ1n) is 5.89. The molecule has 0 unspecified atom stereocenters. The van der Waals surface area contributed by atoms with Crippen molar-refractivity contribution in [2.45, 2.75) is 11.6 Å². The van der Waals surface area contributed by atoms with Crippen LogP contribution in [0.5, 0.6) is 0 Å². The number of aliphatic carboxylic acids is 1. The van der Waals surface area contributed by atoms with Crippen molar-refractivity contribution >= 4 is 40.9 Å². The van der Waals surface area contributed by atoms with Crippen LogP contribution < -0.4 is 0 Å². The highest BCUT2D eigenvalue weighted by Crippen LogP contribution is 2.28. The van der Waals surface area contributed by atoms with E-state index in [0.29, 0.717) is 33.1 Å². The summed E-state index contributed by atoms with van der Waals surface area (Å²) in [6.45, 7) is 0.342. The van der Waals surface area contributed by atoms with E-state index in [1.54, 1.807) is 36.1 Å². The van der Waals surface area contributed by atoms with Gasteiger partial charge < -0.3 is 9.84 Å². The molecule has 112 valence electrons. The molecule has 5 nitrogen and oxygen atoms in total. The average Bonchev–Trinajstić information content (AvgIpc) is 2.83. The molecule has 2 aromatic rings. The van der Waals surface area contributed by atoms with Crippen LogP contribution in [-0.2, 0) is 16.1 Å². The van der Waals surface area contributed by atoms with Crippen molar-refractivity contribution in [3.05, 3.63) is 40.0 Å². The summed E-state index contributed by atoms with van der Waals surface area (Å²) < 4.78 is 6.68. The van der Waals surface area contributed by atoms with E-state index in [1.165, 1.54) is 11.8 Å². The SMILES string of the molecule is COCc1cc(SCC(=O)O)n(-c2ccc(Cl)c(Cl)c2)n1. The Balaban J connectivity index is 2.38. The summed E-state index contributed by atoms with van der Waals surface area (Å²) in [4.78, 5) is 10.7. The molecule has 1 heterocycles. The summed E-state index contributed by atoms with van der Waals surface area (Å²) in [5, 5.41) is 14.8. The van der Waals surface area contributed by atoms with Crippen LogP contribution >= 0.6 is 35.0 Å². The lowest BCUT2D eigenvalue weighted by Crippen LogP contribution is -2.02. The van der Waals surface area contributed by atoms with Crippen LogP contribution in [0.25, 0.3) is 5.69 Å². The Hall–Kier alpha value is -1.21. The van der Waals surface area contributed by atoms with E-state index in [1.807, 2.05) is 0 Å². The Labute approximate surface area is 135 Å². The molecule has 0 spiro atoms. The molecule has 1 N–H and O–H groups in total. The first kappa shape index (κ1) is 16.2. The number of aromatic nitrogens is 2. The second-order valence-corrected chi connectivity index (χ2v) is 5.91. The van der Waals surface area contributed by atoms with Crippen molar-refractivity contribution in [2.24, 2.45) is 0 Å². The fourth-order valence-corrected chi connectivity index (χ4v) is 2.72. The van der Waals surface area contributed by atoms with Crippen LogP contribution in [0.1, 0.15) is 5.69 Å². The predicted octanol–water partition coefficient (Wildman–Crippen LogP) is 3.50. The molecular weight excluding hydrogens is 335 g/mol. The van der Waals surface area contributed by atoms with Gasteiger partial charge in [0, 0.05) is 7.11 Å². The Morgan fingerprint density at radius 3 is 2.76 bits per heavy atom. The smallest absolute Gasteiger partial charge is 0.313 e. The Kier molecular flexibility index (Phi) is 5.52. The maximum Gasteiger partial charge on any atom is 0.313 e. The van der Waals surface area contributed by atoms with E-state index in [-0.39, 0.29) is 5.75 Å². The Bertz CT molecular complexity index is 661. The molecule has 0 aliphatic heterocycles. The number of nitrogens with zero attached hydrogens (tertiary/aromatic N) is 2. The molecule has 0 radical (unpaired) electrons. The third-order valence-corrected chi connectivity index (χ3v) is 4.23. The van der Waals surface area contributed by atoms with E-state index in [9.17, 15) is 4.79 Å². The molecule has 0 saturated heterocycles. The number of ether oxygens (including phenoxy) is 1. The van der Waals surface area contributed by atoms with Crippen LogP contribution in [0.4, 0.5) is 0 Å². The zero-order valence-corrected chi connectivity index (χ0v) is 13.4. The number of methoxy groups -OCH3 is 1. The minimum Gasteiger partial charge on any atom is -0.481 e. The summed E-state index contributed by atoms with van der Waals surface area (Å²) in [5.41, 5.74) is 1.41. The van der Waals surface area contributed by atoms with Gasteiger partial charge in [0.15, 0.2) is 0 Å². The molecule has 0 fully saturated rings.